The molecule has 0 aliphatic heterocycles. The van der Waals surface area contributed by atoms with E-state index in [1.54, 1.807) is 18.2 Å². The number of rotatable bonds is 4. The standard InChI is InChI=1S/C21H23ClN2O2/c1-15-9-10-17(13-18(15)22)24-20(26)19(25)23-14-21(11-5-6-12-21)16-7-3-2-4-8-16/h2-4,7-10,13H,5-6,11-12,14H2,1H3,(H,23,25)(H,24,26). The third kappa shape index (κ3) is 4.07. The highest BCUT2D eigenvalue weighted by Gasteiger charge is 2.36. The summed E-state index contributed by atoms with van der Waals surface area (Å²) >= 11 is 6.06. The molecule has 0 aromatic heterocycles. The molecule has 26 heavy (non-hydrogen) atoms. The van der Waals surface area contributed by atoms with Crippen molar-refractivity contribution in [1.82, 2.24) is 5.32 Å². The van der Waals surface area contributed by atoms with Gasteiger partial charge in [-0.25, -0.2) is 0 Å². The maximum absolute atomic E-state index is 12.3. The van der Waals surface area contributed by atoms with Crippen LogP contribution in [0.1, 0.15) is 36.8 Å². The van der Waals surface area contributed by atoms with Gasteiger partial charge in [0.1, 0.15) is 0 Å². The lowest BCUT2D eigenvalue weighted by Crippen LogP contribution is -2.43. The molecule has 1 saturated carbocycles. The SMILES string of the molecule is Cc1ccc(NC(=O)C(=O)NCC2(c3ccccc3)CCCC2)cc1Cl. The Morgan fingerprint density at radius 3 is 2.38 bits per heavy atom. The van der Waals surface area contributed by atoms with E-state index < -0.39 is 11.8 Å². The zero-order valence-electron chi connectivity index (χ0n) is 14.8. The van der Waals surface area contributed by atoms with E-state index in [4.69, 9.17) is 11.6 Å². The zero-order chi connectivity index (χ0) is 18.6. The molecule has 2 N–H and O–H groups in total. The van der Waals surface area contributed by atoms with Crippen LogP contribution in [0.4, 0.5) is 5.69 Å². The first kappa shape index (κ1) is 18.5. The van der Waals surface area contributed by atoms with E-state index in [9.17, 15) is 9.59 Å². The Bertz CT molecular complexity index is 799. The number of aryl methyl sites for hydroxylation is 1. The first-order chi connectivity index (χ1) is 12.5. The van der Waals surface area contributed by atoms with E-state index in [0.29, 0.717) is 17.3 Å². The highest BCUT2D eigenvalue weighted by Crippen LogP contribution is 2.40. The minimum absolute atomic E-state index is 0.0790. The summed E-state index contributed by atoms with van der Waals surface area (Å²) in [6.07, 6.45) is 4.32. The normalized spacial score (nSPS) is 15.5. The third-order valence-electron chi connectivity index (χ3n) is 5.17. The van der Waals surface area contributed by atoms with Crippen LogP contribution in [-0.4, -0.2) is 18.4 Å². The van der Waals surface area contributed by atoms with Gasteiger partial charge in [0.2, 0.25) is 0 Å². The van der Waals surface area contributed by atoms with Crippen LogP contribution in [0.2, 0.25) is 5.02 Å². The molecular weight excluding hydrogens is 348 g/mol. The lowest BCUT2D eigenvalue weighted by Gasteiger charge is -2.29. The molecule has 0 saturated heterocycles. The summed E-state index contributed by atoms with van der Waals surface area (Å²) in [6, 6.07) is 15.4. The van der Waals surface area contributed by atoms with Crippen molar-refractivity contribution in [2.45, 2.75) is 38.0 Å². The largest absolute Gasteiger partial charge is 0.347 e. The van der Waals surface area contributed by atoms with Crippen LogP contribution in [0.15, 0.2) is 48.5 Å². The Labute approximate surface area is 158 Å². The molecule has 1 aliphatic rings. The number of halogens is 1. The second-order valence-electron chi connectivity index (χ2n) is 6.95. The maximum Gasteiger partial charge on any atom is 0.313 e. The Morgan fingerprint density at radius 2 is 1.73 bits per heavy atom. The van der Waals surface area contributed by atoms with Crippen LogP contribution in [0.3, 0.4) is 0 Å². The Hall–Kier alpha value is -2.33. The molecule has 3 rings (SSSR count). The predicted molar refractivity (Wildman–Crippen MR) is 104 cm³/mol. The van der Waals surface area contributed by atoms with Gasteiger partial charge >= 0.3 is 11.8 Å². The quantitative estimate of drug-likeness (QED) is 0.792. The highest BCUT2D eigenvalue weighted by atomic mass is 35.5. The summed E-state index contributed by atoms with van der Waals surface area (Å²) < 4.78 is 0. The molecule has 0 bridgehead atoms. The minimum Gasteiger partial charge on any atom is -0.347 e. The number of hydrogen-bond donors (Lipinski definition) is 2. The number of anilines is 1. The zero-order valence-corrected chi connectivity index (χ0v) is 15.6. The summed E-state index contributed by atoms with van der Waals surface area (Å²) in [5.41, 5.74) is 2.58. The molecule has 4 nitrogen and oxygen atoms in total. The van der Waals surface area contributed by atoms with E-state index >= 15 is 0 Å². The van der Waals surface area contributed by atoms with Crippen molar-refractivity contribution in [3.05, 3.63) is 64.7 Å². The smallest absolute Gasteiger partial charge is 0.313 e. The van der Waals surface area contributed by atoms with Gasteiger partial charge in [0.25, 0.3) is 0 Å². The lowest BCUT2D eigenvalue weighted by molar-refractivity contribution is -0.136. The molecule has 0 unspecified atom stereocenters. The van der Waals surface area contributed by atoms with Gasteiger partial charge in [-0.15, -0.1) is 0 Å². The van der Waals surface area contributed by atoms with Crippen molar-refractivity contribution in [3.63, 3.8) is 0 Å². The van der Waals surface area contributed by atoms with Crippen LogP contribution in [0.5, 0.6) is 0 Å². The van der Waals surface area contributed by atoms with E-state index in [0.717, 1.165) is 31.2 Å². The first-order valence-electron chi connectivity index (χ1n) is 8.91. The van der Waals surface area contributed by atoms with Gasteiger partial charge in [-0.1, -0.05) is 60.8 Å². The number of hydrogen-bond acceptors (Lipinski definition) is 2. The van der Waals surface area contributed by atoms with Gasteiger partial charge in [0, 0.05) is 22.7 Å². The third-order valence-corrected chi connectivity index (χ3v) is 5.58. The van der Waals surface area contributed by atoms with Crippen molar-refractivity contribution in [2.24, 2.45) is 0 Å². The number of carbonyl (C=O) groups is 2. The molecule has 0 radical (unpaired) electrons. The molecule has 2 aromatic rings. The fourth-order valence-corrected chi connectivity index (χ4v) is 3.78. The first-order valence-corrected chi connectivity index (χ1v) is 9.29. The number of benzene rings is 2. The molecule has 2 amide bonds. The van der Waals surface area contributed by atoms with Crippen LogP contribution >= 0.6 is 11.6 Å². The summed E-state index contributed by atoms with van der Waals surface area (Å²) in [4.78, 5) is 24.5. The van der Waals surface area contributed by atoms with E-state index in [2.05, 4.69) is 22.8 Å². The van der Waals surface area contributed by atoms with Gasteiger partial charge in [0.15, 0.2) is 0 Å². The molecule has 0 atom stereocenters. The van der Waals surface area contributed by atoms with Gasteiger partial charge in [-0.2, -0.15) is 0 Å². The van der Waals surface area contributed by atoms with Crippen molar-refractivity contribution >= 4 is 29.1 Å². The lowest BCUT2D eigenvalue weighted by atomic mass is 9.79. The average molecular weight is 371 g/mol. The van der Waals surface area contributed by atoms with Crippen LogP contribution < -0.4 is 10.6 Å². The van der Waals surface area contributed by atoms with Gasteiger partial charge in [-0.3, -0.25) is 9.59 Å². The molecule has 1 fully saturated rings. The Balaban J connectivity index is 1.63. The molecular formula is C21H23ClN2O2. The van der Waals surface area contributed by atoms with E-state index in [-0.39, 0.29) is 5.41 Å². The van der Waals surface area contributed by atoms with Crippen LogP contribution in [0, 0.1) is 6.92 Å². The second-order valence-corrected chi connectivity index (χ2v) is 7.36. The molecule has 5 heteroatoms. The van der Waals surface area contributed by atoms with Gasteiger partial charge in [-0.05, 0) is 43.0 Å². The van der Waals surface area contributed by atoms with Crippen molar-refractivity contribution < 1.29 is 9.59 Å². The molecule has 1 aliphatic carbocycles. The Kier molecular flexibility index (Phi) is 5.62. The highest BCUT2D eigenvalue weighted by molar-refractivity contribution is 6.40. The summed E-state index contributed by atoms with van der Waals surface area (Å²) in [5.74, 6) is -1.30. The van der Waals surface area contributed by atoms with Crippen molar-refractivity contribution in [1.29, 1.82) is 0 Å². The van der Waals surface area contributed by atoms with E-state index in [1.165, 1.54) is 5.56 Å². The molecule has 136 valence electrons. The van der Waals surface area contributed by atoms with Crippen molar-refractivity contribution in [3.8, 4) is 0 Å². The number of nitrogens with one attached hydrogen (secondary N) is 2. The molecule has 2 aromatic carbocycles. The fourth-order valence-electron chi connectivity index (χ4n) is 3.60. The molecule has 0 spiro atoms. The second kappa shape index (κ2) is 7.92. The topological polar surface area (TPSA) is 58.2 Å². The van der Waals surface area contributed by atoms with Crippen LogP contribution in [-0.2, 0) is 15.0 Å². The van der Waals surface area contributed by atoms with Crippen molar-refractivity contribution in [2.75, 3.05) is 11.9 Å². The summed E-state index contributed by atoms with van der Waals surface area (Å²) in [5, 5.41) is 5.98. The Morgan fingerprint density at radius 1 is 1.04 bits per heavy atom. The number of amides is 2. The average Bonchev–Trinajstić information content (AvgIpc) is 3.14. The van der Waals surface area contributed by atoms with Crippen LogP contribution in [0.25, 0.3) is 0 Å². The summed E-state index contributed by atoms with van der Waals surface area (Å²) in [7, 11) is 0. The summed E-state index contributed by atoms with van der Waals surface area (Å²) in [6.45, 7) is 2.35. The predicted octanol–water partition coefficient (Wildman–Crippen LogP) is 4.22. The minimum atomic E-state index is -0.675. The monoisotopic (exact) mass is 370 g/mol. The number of carbonyl (C=O) groups excluding carboxylic acids is 2. The van der Waals surface area contributed by atoms with Gasteiger partial charge in [0.05, 0.1) is 0 Å². The maximum atomic E-state index is 12.3. The van der Waals surface area contributed by atoms with Gasteiger partial charge < -0.3 is 10.6 Å². The van der Waals surface area contributed by atoms with E-state index in [1.807, 2.05) is 25.1 Å². The molecule has 0 heterocycles. The fraction of sp³-hybridized carbons (Fsp3) is 0.333.